The molecule has 6 heteroatoms. The molecule has 0 amide bonds. The molecule has 0 saturated heterocycles. The van der Waals surface area contributed by atoms with Crippen LogP contribution in [0.4, 0.5) is 4.39 Å². The van der Waals surface area contributed by atoms with Gasteiger partial charge in [0.25, 0.3) is 0 Å². The number of benzene rings is 2. The maximum Gasteiger partial charge on any atom is 0.175 e. The van der Waals surface area contributed by atoms with Gasteiger partial charge in [0.05, 0.1) is 11.5 Å². The number of rotatable bonds is 4. The molecule has 0 saturated carbocycles. The van der Waals surface area contributed by atoms with E-state index >= 15 is 0 Å². The molecule has 0 aromatic heterocycles. The molecule has 0 aliphatic rings. The summed E-state index contributed by atoms with van der Waals surface area (Å²) in [4.78, 5) is 0.119. The summed E-state index contributed by atoms with van der Waals surface area (Å²) in [5, 5.41) is 9.00. The normalized spacial score (nSPS) is 11.3. The fourth-order valence-corrected chi connectivity index (χ4v) is 2.33. The maximum atomic E-state index is 13.3. The fourth-order valence-electron chi connectivity index (χ4n) is 1.68. The van der Waals surface area contributed by atoms with Gasteiger partial charge in [0.1, 0.15) is 17.3 Å². The summed E-state index contributed by atoms with van der Waals surface area (Å²) in [6.45, 7) is -0.308. The van der Waals surface area contributed by atoms with Gasteiger partial charge in [-0.1, -0.05) is 6.07 Å². The van der Waals surface area contributed by atoms with Crippen LogP contribution in [0.15, 0.2) is 47.4 Å². The highest BCUT2D eigenvalue weighted by molar-refractivity contribution is 7.90. The first-order valence-electron chi connectivity index (χ1n) is 5.77. The van der Waals surface area contributed by atoms with Gasteiger partial charge in [-0.2, -0.15) is 0 Å². The van der Waals surface area contributed by atoms with Crippen molar-refractivity contribution in [1.29, 1.82) is 0 Å². The maximum absolute atomic E-state index is 13.3. The first-order chi connectivity index (χ1) is 9.38. The zero-order valence-corrected chi connectivity index (χ0v) is 11.5. The zero-order valence-electron chi connectivity index (χ0n) is 10.7. The Bertz CT molecular complexity index is 726. The van der Waals surface area contributed by atoms with Crippen LogP contribution in [0.25, 0.3) is 0 Å². The van der Waals surface area contributed by atoms with E-state index in [-0.39, 0.29) is 23.0 Å². The lowest BCUT2D eigenvalue weighted by Gasteiger charge is -2.08. The van der Waals surface area contributed by atoms with Crippen LogP contribution >= 0.6 is 0 Å². The Hall–Kier alpha value is -1.92. The van der Waals surface area contributed by atoms with Crippen molar-refractivity contribution in [2.45, 2.75) is 11.5 Å². The van der Waals surface area contributed by atoms with Gasteiger partial charge in [0.15, 0.2) is 9.84 Å². The van der Waals surface area contributed by atoms with Gasteiger partial charge in [-0.3, -0.25) is 0 Å². The summed E-state index contributed by atoms with van der Waals surface area (Å²) < 4.78 is 41.6. The van der Waals surface area contributed by atoms with Crippen LogP contribution in [0.2, 0.25) is 0 Å². The lowest BCUT2D eigenvalue weighted by molar-refractivity contribution is 0.280. The summed E-state index contributed by atoms with van der Waals surface area (Å²) >= 11 is 0. The number of sulfone groups is 1. The largest absolute Gasteiger partial charge is 0.457 e. The molecule has 0 fully saturated rings. The predicted molar refractivity (Wildman–Crippen MR) is 71.9 cm³/mol. The van der Waals surface area contributed by atoms with E-state index in [1.807, 2.05) is 0 Å². The predicted octanol–water partition coefficient (Wildman–Crippen LogP) is 2.51. The summed E-state index contributed by atoms with van der Waals surface area (Å²) in [5.41, 5.74) is 0.374. The van der Waals surface area contributed by atoms with Crippen molar-refractivity contribution in [3.8, 4) is 11.5 Å². The molecule has 0 radical (unpaired) electrons. The topological polar surface area (TPSA) is 63.6 Å². The highest BCUT2D eigenvalue weighted by Crippen LogP contribution is 2.25. The molecule has 2 rings (SSSR count). The molecule has 2 aromatic carbocycles. The van der Waals surface area contributed by atoms with Crippen LogP contribution < -0.4 is 4.74 Å². The van der Waals surface area contributed by atoms with Crippen LogP contribution in [0, 0.1) is 5.82 Å². The lowest BCUT2D eigenvalue weighted by atomic mass is 10.2. The van der Waals surface area contributed by atoms with Crippen LogP contribution in [0.5, 0.6) is 11.5 Å². The van der Waals surface area contributed by atoms with Crippen molar-refractivity contribution in [3.63, 3.8) is 0 Å². The number of halogens is 1. The van der Waals surface area contributed by atoms with Crippen LogP contribution in [-0.4, -0.2) is 19.8 Å². The number of hydrogen-bond acceptors (Lipinski definition) is 4. The van der Waals surface area contributed by atoms with E-state index in [9.17, 15) is 12.8 Å². The number of aliphatic hydroxyl groups is 1. The SMILES string of the molecule is CS(=O)(=O)c1cccc(Oc2cc(F)cc(CO)c2)c1. The molecule has 0 aliphatic carbocycles. The molecular weight excluding hydrogens is 283 g/mol. The van der Waals surface area contributed by atoms with E-state index in [2.05, 4.69) is 0 Å². The second kappa shape index (κ2) is 5.60. The molecule has 0 heterocycles. The van der Waals surface area contributed by atoms with Crippen LogP contribution in [0.3, 0.4) is 0 Å². The monoisotopic (exact) mass is 296 g/mol. The van der Waals surface area contributed by atoms with E-state index in [1.165, 1.54) is 30.3 Å². The van der Waals surface area contributed by atoms with Gasteiger partial charge in [-0.15, -0.1) is 0 Å². The third-order valence-electron chi connectivity index (χ3n) is 2.58. The summed E-state index contributed by atoms with van der Waals surface area (Å²) in [7, 11) is -3.33. The molecular formula is C14H13FO4S. The Morgan fingerprint density at radius 3 is 2.55 bits per heavy atom. The second-order valence-corrected chi connectivity index (χ2v) is 6.32. The molecule has 106 valence electrons. The van der Waals surface area contributed by atoms with Gasteiger partial charge < -0.3 is 9.84 Å². The number of aliphatic hydroxyl groups excluding tert-OH is 1. The minimum absolute atomic E-state index is 0.119. The average Bonchev–Trinajstić information content (AvgIpc) is 2.37. The van der Waals surface area contributed by atoms with E-state index in [0.717, 1.165) is 12.3 Å². The summed E-state index contributed by atoms with van der Waals surface area (Å²) in [6, 6.07) is 9.75. The second-order valence-electron chi connectivity index (χ2n) is 4.30. The van der Waals surface area contributed by atoms with Crippen molar-refractivity contribution in [3.05, 3.63) is 53.8 Å². The van der Waals surface area contributed by atoms with Gasteiger partial charge >= 0.3 is 0 Å². The van der Waals surface area contributed by atoms with Crippen molar-refractivity contribution < 1.29 is 22.7 Å². The van der Waals surface area contributed by atoms with E-state index in [0.29, 0.717) is 5.56 Å². The fraction of sp³-hybridized carbons (Fsp3) is 0.143. The Kier molecular flexibility index (Phi) is 4.06. The first-order valence-corrected chi connectivity index (χ1v) is 7.66. The summed E-state index contributed by atoms with van der Waals surface area (Å²) in [6.07, 6.45) is 1.10. The minimum Gasteiger partial charge on any atom is -0.457 e. The van der Waals surface area contributed by atoms with E-state index in [4.69, 9.17) is 9.84 Å². The quantitative estimate of drug-likeness (QED) is 0.941. The van der Waals surface area contributed by atoms with Crippen LogP contribution in [-0.2, 0) is 16.4 Å². The van der Waals surface area contributed by atoms with Gasteiger partial charge in [0.2, 0.25) is 0 Å². The molecule has 1 N–H and O–H groups in total. The third-order valence-corrected chi connectivity index (χ3v) is 3.69. The van der Waals surface area contributed by atoms with Gasteiger partial charge in [-0.25, -0.2) is 12.8 Å². The summed E-state index contributed by atoms with van der Waals surface area (Å²) in [5.74, 6) is -0.0621. The molecule has 0 bridgehead atoms. The number of hydrogen-bond donors (Lipinski definition) is 1. The molecule has 0 spiro atoms. The first kappa shape index (κ1) is 14.5. The number of ether oxygens (including phenoxy) is 1. The lowest BCUT2D eigenvalue weighted by Crippen LogP contribution is -1.97. The van der Waals surface area contributed by atoms with Crippen LogP contribution in [0.1, 0.15) is 5.56 Å². The highest BCUT2D eigenvalue weighted by Gasteiger charge is 2.09. The highest BCUT2D eigenvalue weighted by atomic mass is 32.2. The Balaban J connectivity index is 2.33. The van der Waals surface area contributed by atoms with E-state index < -0.39 is 15.7 Å². The molecule has 4 nitrogen and oxygen atoms in total. The van der Waals surface area contributed by atoms with Gasteiger partial charge in [-0.05, 0) is 35.9 Å². The molecule has 0 unspecified atom stereocenters. The molecule has 0 atom stereocenters. The molecule has 2 aromatic rings. The standard InChI is InChI=1S/C14H13FO4S/c1-20(17,18)14-4-2-3-12(8-14)19-13-6-10(9-16)5-11(15)7-13/h2-8,16H,9H2,1H3. The van der Waals surface area contributed by atoms with Gasteiger partial charge in [0, 0.05) is 12.3 Å². The third kappa shape index (κ3) is 3.55. The Morgan fingerprint density at radius 1 is 1.15 bits per heavy atom. The van der Waals surface area contributed by atoms with E-state index in [1.54, 1.807) is 6.07 Å². The van der Waals surface area contributed by atoms with Crippen molar-refractivity contribution >= 4 is 9.84 Å². The minimum atomic E-state index is -3.33. The van der Waals surface area contributed by atoms with Crippen molar-refractivity contribution in [2.75, 3.05) is 6.26 Å². The van der Waals surface area contributed by atoms with Crippen molar-refractivity contribution in [1.82, 2.24) is 0 Å². The zero-order chi connectivity index (χ0) is 14.8. The Labute approximate surface area is 116 Å². The average molecular weight is 296 g/mol. The molecule has 20 heavy (non-hydrogen) atoms. The Morgan fingerprint density at radius 2 is 1.90 bits per heavy atom. The van der Waals surface area contributed by atoms with Crippen molar-refractivity contribution in [2.24, 2.45) is 0 Å². The smallest absolute Gasteiger partial charge is 0.175 e. The molecule has 0 aliphatic heterocycles.